The van der Waals surface area contributed by atoms with Crippen LogP contribution in [0.1, 0.15) is 67.6 Å². The second-order valence-electron chi connectivity index (χ2n) is 12.4. The lowest BCUT2D eigenvalue weighted by Crippen LogP contribution is -2.37. The highest BCUT2D eigenvalue weighted by Gasteiger charge is 2.41. The maximum atomic E-state index is 12.5. The quantitative estimate of drug-likeness (QED) is 0.270. The number of carbonyl (C=O) groups is 1. The van der Waals surface area contributed by atoms with Crippen molar-refractivity contribution in [3.63, 3.8) is 0 Å². The first-order valence-electron chi connectivity index (χ1n) is 15.0. The van der Waals surface area contributed by atoms with Gasteiger partial charge in [0, 0.05) is 25.4 Å². The Kier molecular flexibility index (Phi) is 10.6. The molecule has 1 saturated heterocycles. The van der Waals surface area contributed by atoms with Crippen LogP contribution in [0.3, 0.4) is 0 Å². The van der Waals surface area contributed by atoms with Gasteiger partial charge < -0.3 is 24.1 Å². The molecule has 1 unspecified atom stereocenters. The highest BCUT2D eigenvalue weighted by molar-refractivity contribution is 5.65. The molecule has 5 nitrogen and oxygen atoms in total. The zero-order valence-electron chi connectivity index (χ0n) is 25.3. The Morgan fingerprint density at radius 2 is 1.64 bits per heavy atom. The largest absolute Gasteiger partial charge is 0.490 e. The van der Waals surface area contributed by atoms with Crippen molar-refractivity contribution in [1.82, 2.24) is 9.80 Å². The zero-order valence-corrected chi connectivity index (χ0v) is 25.3. The van der Waals surface area contributed by atoms with E-state index < -0.39 is 12.1 Å². The van der Waals surface area contributed by atoms with E-state index in [1.807, 2.05) is 14.1 Å². The van der Waals surface area contributed by atoms with Crippen LogP contribution in [0.5, 0.6) is 11.5 Å². The molecule has 0 N–H and O–H groups in total. The second kappa shape index (κ2) is 14.0. The van der Waals surface area contributed by atoms with Crippen LogP contribution in [0.4, 0.5) is 13.2 Å². The van der Waals surface area contributed by atoms with Crippen LogP contribution in [0, 0.1) is 18.8 Å². The fourth-order valence-electron chi connectivity index (χ4n) is 5.70. The average Bonchev–Trinajstić information content (AvgIpc) is 3.72. The predicted molar refractivity (Wildman–Crippen MR) is 161 cm³/mol. The molecule has 2 aromatic rings. The standard InChI is InChI=1S/C22H34N2O.C12H11F3O2/c1-16-12-20(6-7-22(16)17(2)23(3)4)25-21-14-19(15-21)13-18-8-10-24(5)11-9-18;13-12(14,15)11(7-16)8-2-1-3-10(6-8)17-9-4-5-9/h6-7,12,18-19,21H,2,8-11,13-15H2,1,3-5H3;1-3,6-7,9,11H,4-5H2. The molecule has 2 aromatic carbocycles. The maximum absolute atomic E-state index is 12.5. The lowest BCUT2D eigenvalue weighted by Gasteiger charge is -2.39. The van der Waals surface area contributed by atoms with Gasteiger partial charge in [-0.1, -0.05) is 18.7 Å². The SMILES string of the molecule is C=C(c1ccc(OC2CC(CC3CCN(C)CC3)C2)cc1C)N(C)C.O=CC(c1cccc(OC2CC2)c1)C(F)(F)F. The first-order valence-corrected chi connectivity index (χ1v) is 15.0. The topological polar surface area (TPSA) is 42.0 Å². The Labute approximate surface area is 248 Å². The van der Waals surface area contributed by atoms with E-state index in [1.165, 1.54) is 74.5 Å². The van der Waals surface area contributed by atoms with Crippen molar-refractivity contribution < 1.29 is 27.4 Å². The maximum Gasteiger partial charge on any atom is 0.402 e. The number of hydrogen-bond donors (Lipinski definition) is 0. The minimum Gasteiger partial charge on any atom is -0.490 e. The van der Waals surface area contributed by atoms with Crippen molar-refractivity contribution in [3.05, 3.63) is 65.7 Å². The lowest BCUT2D eigenvalue weighted by atomic mass is 9.74. The van der Waals surface area contributed by atoms with Crippen molar-refractivity contribution in [3.8, 4) is 11.5 Å². The van der Waals surface area contributed by atoms with Crippen LogP contribution in [0.15, 0.2) is 49.0 Å². The molecule has 42 heavy (non-hydrogen) atoms. The number of rotatable bonds is 10. The fraction of sp³-hybridized carbons (Fsp3) is 0.559. The number of halogens is 3. The smallest absolute Gasteiger partial charge is 0.402 e. The lowest BCUT2D eigenvalue weighted by molar-refractivity contribution is -0.155. The third-order valence-electron chi connectivity index (χ3n) is 8.58. The minimum absolute atomic E-state index is 0.0781. The van der Waals surface area contributed by atoms with E-state index in [4.69, 9.17) is 9.47 Å². The molecule has 1 aliphatic heterocycles. The Bertz CT molecular complexity index is 1200. The Balaban J connectivity index is 0.000000208. The number of alkyl halides is 3. The van der Waals surface area contributed by atoms with E-state index in [0.29, 0.717) is 11.9 Å². The van der Waals surface area contributed by atoms with Crippen LogP contribution < -0.4 is 9.47 Å². The summed E-state index contributed by atoms with van der Waals surface area (Å²) in [6.45, 7) is 8.85. The van der Waals surface area contributed by atoms with Gasteiger partial charge in [-0.2, -0.15) is 13.2 Å². The van der Waals surface area contributed by atoms with E-state index in [2.05, 4.69) is 48.5 Å². The Morgan fingerprint density at radius 1 is 1.00 bits per heavy atom. The van der Waals surface area contributed by atoms with Gasteiger partial charge in [0.05, 0.1) is 12.2 Å². The van der Waals surface area contributed by atoms with Crippen LogP contribution in [0.25, 0.3) is 5.70 Å². The first kappa shape index (κ1) is 31.9. The van der Waals surface area contributed by atoms with Crippen molar-refractivity contribution in [2.24, 2.45) is 11.8 Å². The molecule has 0 radical (unpaired) electrons. The summed E-state index contributed by atoms with van der Waals surface area (Å²) >= 11 is 0. The number of carbonyl (C=O) groups excluding carboxylic acids is 1. The summed E-state index contributed by atoms with van der Waals surface area (Å²) in [5.74, 6) is 1.15. The molecule has 230 valence electrons. The van der Waals surface area contributed by atoms with Crippen molar-refractivity contribution >= 4 is 12.0 Å². The Hall–Kier alpha value is -3.00. The van der Waals surface area contributed by atoms with Gasteiger partial charge in [-0.3, -0.25) is 0 Å². The molecule has 0 spiro atoms. The molecule has 0 amide bonds. The van der Waals surface area contributed by atoms with Crippen molar-refractivity contribution in [2.45, 2.75) is 76.2 Å². The van der Waals surface area contributed by atoms with E-state index in [1.54, 1.807) is 6.07 Å². The number of hydrogen-bond acceptors (Lipinski definition) is 5. The summed E-state index contributed by atoms with van der Waals surface area (Å²) in [5.41, 5.74) is 3.40. The molecule has 2 saturated carbocycles. The summed E-state index contributed by atoms with van der Waals surface area (Å²) in [7, 11) is 6.31. The molecule has 1 atom stereocenters. The van der Waals surface area contributed by atoms with Gasteiger partial charge >= 0.3 is 6.18 Å². The van der Waals surface area contributed by atoms with Crippen molar-refractivity contribution in [2.75, 3.05) is 34.2 Å². The number of likely N-dealkylation sites (tertiary alicyclic amines) is 1. The van der Waals surface area contributed by atoms with E-state index in [0.717, 1.165) is 36.1 Å². The first-order chi connectivity index (χ1) is 19.9. The number of piperidine rings is 1. The van der Waals surface area contributed by atoms with Crippen LogP contribution >= 0.6 is 0 Å². The van der Waals surface area contributed by atoms with Crippen LogP contribution in [0.2, 0.25) is 0 Å². The molecule has 5 rings (SSSR count). The molecular formula is C34H45F3N2O3. The van der Waals surface area contributed by atoms with Gasteiger partial charge in [0.2, 0.25) is 0 Å². The fourth-order valence-corrected chi connectivity index (χ4v) is 5.70. The van der Waals surface area contributed by atoms with Gasteiger partial charge in [0.25, 0.3) is 0 Å². The van der Waals surface area contributed by atoms with Gasteiger partial charge in [-0.05, 0) is 125 Å². The molecule has 3 fully saturated rings. The number of ether oxygens (including phenoxy) is 2. The molecular weight excluding hydrogens is 541 g/mol. The highest BCUT2D eigenvalue weighted by atomic mass is 19.4. The van der Waals surface area contributed by atoms with E-state index >= 15 is 0 Å². The van der Waals surface area contributed by atoms with Crippen LogP contribution in [-0.4, -0.2) is 68.7 Å². The van der Waals surface area contributed by atoms with Crippen LogP contribution in [-0.2, 0) is 4.79 Å². The minimum atomic E-state index is -4.56. The van der Waals surface area contributed by atoms with Crippen molar-refractivity contribution in [1.29, 1.82) is 0 Å². The summed E-state index contributed by atoms with van der Waals surface area (Å²) < 4.78 is 49.2. The van der Waals surface area contributed by atoms with E-state index in [9.17, 15) is 18.0 Å². The van der Waals surface area contributed by atoms with Gasteiger partial charge in [0.1, 0.15) is 23.7 Å². The van der Waals surface area contributed by atoms with E-state index in [-0.39, 0.29) is 18.0 Å². The number of aryl methyl sites for hydroxylation is 1. The second-order valence-corrected chi connectivity index (χ2v) is 12.4. The molecule has 1 heterocycles. The molecule has 0 aromatic heterocycles. The predicted octanol–water partition coefficient (Wildman–Crippen LogP) is 7.49. The van der Waals surface area contributed by atoms with Gasteiger partial charge in [-0.25, -0.2) is 0 Å². The molecule has 8 heteroatoms. The molecule has 0 bridgehead atoms. The third kappa shape index (κ3) is 9.00. The molecule has 3 aliphatic rings. The summed E-state index contributed by atoms with van der Waals surface area (Å²) in [6.07, 6.45) is 4.40. The zero-order chi connectivity index (χ0) is 30.4. The Morgan fingerprint density at radius 3 is 2.21 bits per heavy atom. The number of benzene rings is 2. The normalized spacial score (nSPS) is 21.8. The summed E-state index contributed by atoms with van der Waals surface area (Å²) in [6, 6.07) is 12.0. The molecule has 2 aliphatic carbocycles. The summed E-state index contributed by atoms with van der Waals surface area (Å²) in [4.78, 5) is 15.1. The monoisotopic (exact) mass is 586 g/mol. The third-order valence-corrected chi connectivity index (χ3v) is 8.58. The number of aldehydes is 1. The average molecular weight is 587 g/mol. The van der Waals surface area contributed by atoms with Gasteiger partial charge in [0.15, 0.2) is 0 Å². The number of nitrogens with zero attached hydrogens (tertiary/aromatic N) is 2. The highest BCUT2D eigenvalue weighted by Crippen LogP contribution is 2.39. The summed E-state index contributed by atoms with van der Waals surface area (Å²) in [5, 5.41) is 0. The van der Waals surface area contributed by atoms with Gasteiger partial charge in [-0.15, -0.1) is 0 Å².